The number of hydrogen-bond donors (Lipinski definition) is 1. The Balaban J connectivity index is 1.73. The van der Waals surface area contributed by atoms with Crippen molar-refractivity contribution in [2.24, 2.45) is 10.9 Å². The van der Waals surface area contributed by atoms with Crippen molar-refractivity contribution in [2.75, 3.05) is 13.2 Å². The number of aliphatic hydroxyl groups excluding tert-OH is 1. The number of hydrogen-bond acceptors (Lipinski definition) is 6. The SMILES string of the molecule is OCC1CC2=C(c3cnn(C(F)F)c3)[C@H](c3ccc(F)cc3Cl)N=C(c3nccs3)N2C1. The van der Waals surface area contributed by atoms with Gasteiger partial charge < -0.3 is 10.0 Å². The van der Waals surface area contributed by atoms with E-state index in [9.17, 15) is 18.3 Å². The standard InChI is InChI=1S/C21H17ClF3N5OS/c22-15-6-13(23)1-2-14(15)18-17(12-7-27-30(9-12)21(24)25)16-5-11(10-31)8-29(16)19(28-18)20-26-3-4-32-20/h1-4,6-7,9,11,18,21,31H,5,8,10H2/t11?,18-/m0/s1. The van der Waals surface area contributed by atoms with Gasteiger partial charge in [0.2, 0.25) is 0 Å². The first-order valence-corrected chi connectivity index (χ1v) is 11.1. The van der Waals surface area contributed by atoms with Crippen LogP contribution in [0.3, 0.4) is 0 Å². The molecule has 1 unspecified atom stereocenters. The highest BCUT2D eigenvalue weighted by Gasteiger charge is 2.40. The molecule has 0 spiro atoms. The second kappa shape index (κ2) is 8.34. The number of halogens is 4. The lowest BCUT2D eigenvalue weighted by Crippen LogP contribution is -2.33. The fourth-order valence-corrected chi connectivity index (χ4v) is 5.10. The minimum Gasteiger partial charge on any atom is -0.396 e. The van der Waals surface area contributed by atoms with Crippen molar-refractivity contribution >= 4 is 34.3 Å². The van der Waals surface area contributed by atoms with Gasteiger partial charge in [0.15, 0.2) is 10.8 Å². The Hall–Kier alpha value is -2.69. The monoisotopic (exact) mass is 479 g/mol. The van der Waals surface area contributed by atoms with Crippen LogP contribution in [0.25, 0.3) is 5.57 Å². The molecule has 4 heterocycles. The average Bonchev–Trinajstić information content (AvgIpc) is 3.52. The van der Waals surface area contributed by atoms with Crippen LogP contribution in [0.1, 0.15) is 35.1 Å². The highest BCUT2D eigenvalue weighted by Crippen LogP contribution is 2.47. The molecule has 0 saturated carbocycles. The highest BCUT2D eigenvalue weighted by molar-refractivity contribution is 7.11. The molecule has 32 heavy (non-hydrogen) atoms. The number of aliphatic hydroxyl groups is 1. The normalized spacial score (nSPS) is 20.8. The molecule has 11 heteroatoms. The van der Waals surface area contributed by atoms with Gasteiger partial charge in [-0.05, 0) is 24.1 Å². The number of fused-ring (bicyclic) bond motifs is 1. The zero-order chi connectivity index (χ0) is 22.4. The second-order valence-corrected chi connectivity index (χ2v) is 8.87. The van der Waals surface area contributed by atoms with Gasteiger partial charge in [-0.2, -0.15) is 13.9 Å². The van der Waals surface area contributed by atoms with Crippen LogP contribution in [0, 0.1) is 11.7 Å². The van der Waals surface area contributed by atoms with E-state index in [0.29, 0.717) is 45.2 Å². The molecule has 6 nitrogen and oxygen atoms in total. The number of rotatable bonds is 5. The first kappa shape index (κ1) is 21.2. The zero-order valence-corrected chi connectivity index (χ0v) is 18.1. The summed E-state index contributed by atoms with van der Waals surface area (Å²) in [4.78, 5) is 11.3. The van der Waals surface area contributed by atoms with Crippen molar-refractivity contribution in [3.8, 4) is 0 Å². The average molecular weight is 480 g/mol. The van der Waals surface area contributed by atoms with Crippen LogP contribution in [0.2, 0.25) is 5.02 Å². The number of amidine groups is 1. The van der Waals surface area contributed by atoms with Crippen molar-refractivity contribution in [1.82, 2.24) is 19.7 Å². The minimum atomic E-state index is -2.79. The third kappa shape index (κ3) is 3.62. The predicted octanol–water partition coefficient (Wildman–Crippen LogP) is 4.75. The third-order valence-electron chi connectivity index (χ3n) is 5.59. The van der Waals surface area contributed by atoms with E-state index in [0.717, 1.165) is 5.70 Å². The number of alkyl halides is 2. The predicted molar refractivity (Wildman–Crippen MR) is 115 cm³/mol. The second-order valence-electron chi connectivity index (χ2n) is 7.57. The lowest BCUT2D eigenvalue weighted by molar-refractivity contribution is 0.0566. The Morgan fingerprint density at radius 2 is 2.16 bits per heavy atom. The maximum absolute atomic E-state index is 13.8. The molecule has 1 aromatic carbocycles. The van der Waals surface area contributed by atoms with E-state index in [1.54, 1.807) is 12.3 Å². The van der Waals surface area contributed by atoms with Crippen LogP contribution in [0.5, 0.6) is 0 Å². The molecule has 3 aromatic rings. The maximum Gasteiger partial charge on any atom is 0.333 e. The van der Waals surface area contributed by atoms with Gasteiger partial charge in [0.1, 0.15) is 11.9 Å². The number of allylic oxidation sites excluding steroid dienone is 1. The van der Waals surface area contributed by atoms with Gasteiger partial charge >= 0.3 is 6.55 Å². The van der Waals surface area contributed by atoms with Gasteiger partial charge in [-0.1, -0.05) is 17.7 Å². The summed E-state index contributed by atoms with van der Waals surface area (Å²) in [5.41, 5.74) is 2.50. The number of thiazole rings is 1. The molecule has 2 aliphatic heterocycles. The molecule has 0 radical (unpaired) electrons. The van der Waals surface area contributed by atoms with Gasteiger partial charge in [0.05, 0.1) is 6.20 Å². The molecule has 0 aliphatic carbocycles. The van der Waals surface area contributed by atoms with Crippen LogP contribution < -0.4 is 0 Å². The quantitative estimate of drug-likeness (QED) is 0.573. The Bertz CT molecular complexity index is 1210. The van der Waals surface area contributed by atoms with Crippen LogP contribution in [-0.2, 0) is 0 Å². The summed E-state index contributed by atoms with van der Waals surface area (Å²) in [7, 11) is 0. The fourth-order valence-electron chi connectivity index (χ4n) is 4.18. The first-order valence-electron chi connectivity index (χ1n) is 9.83. The number of benzene rings is 1. The number of nitrogens with zero attached hydrogens (tertiary/aromatic N) is 5. The summed E-state index contributed by atoms with van der Waals surface area (Å²) in [6.45, 7) is -2.30. The van der Waals surface area contributed by atoms with E-state index in [-0.39, 0.29) is 17.5 Å². The lowest BCUT2D eigenvalue weighted by atomic mass is 9.90. The summed E-state index contributed by atoms with van der Waals surface area (Å²) >= 11 is 7.82. The maximum atomic E-state index is 13.8. The number of aromatic nitrogens is 3. The summed E-state index contributed by atoms with van der Waals surface area (Å²) in [6.07, 6.45) is 4.83. The fraction of sp³-hybridized carbons (Fsp3) is 0.286. The van der Waals surface area contributed by atoms with Gasteiger partial charge in [-0.15, -0.1) is 11.3 Å². The van der Waals surface area contributed by atoms with E-state index in [1.807, 2.05) is 10.3 Å². The Morgan fingerprint density at radius 1 is 1.31 bits per heavy atom. The molecule has 1 saturated heterocycles. The van der Waals surface area contributed by atoms with Crippen molar-refractivity contribution < 1.29 is 18.3 Å². The Labute approximate surface area is 190 Å². The Morgan fingerprint density at radius 3 is 2.81 bits per heavy atom. The largest absolute Gasteiger partial charge is 0.396 e. The van der Waals surface area contributed by atoms with Gasteiger partial charge in [0, 0.05) is 58.7 Å². The minimum absolute atomic E-state index is 0.0311. The Kier molecular flexibility index (Phi) is 5.52. The topological polar surface area (TPSA) is 66.5 Å². The van der Waals surface area contributed by atoms with E-state index in [2.05, 4.69) is 10.1 Å². The molecule has 1 N–H and O–H groups in total. The molecular weight excluding hydrogens is 463 g/mol. The smallest absolute Gasteiger partial charge is 0.333 e. The van der Waals surface area contributed by atoms with Gasteiger partial charge in [0.25, 0.3) is 0 Å². The molecule has 5 rings (SSSR count). The molecule has 2 aromatic heterocycles. The van der Waals surface area contributed by atoms with Crippen molar-refractivity contribution in [3.05, 3.63) is 74.8 Å². The molecule has 0 amide bonds. The van der Waals surface area contributed by atoms with E-state index in [4.69, 9.17) is 16.6 Å². The molecule has 0 bridgehead atoms. The lowest BCUT2D eigenvalue weighted by Gasteiger charge is -2.32. The highest BCUT2D eigenvalue weighted by atomic mass is 35.5. The first-order chi connectivity index (χ1) is 15.5. The molecule has 166 valence electrons. The van der Waals surface area contributed by atoms with E-state index >= 15 is 0 Å². The van der Waals surface area contributed by atoms with Crippen molar-refractivity contribution in [3.63, 3.8) is 0 Å². The van der Waals surface area contributed by atoms with Crippen LogP contribution >= 0.6 is 22.9 Å². The van der Waals surface area contributed by atoms with Gasteiger partial charge in [-0.3, -0.25) is 4.99 Å². The molecule has 2 atom stereocenters. The summed E-state index contributed by atoms with van der Waals surface area (Å²) in [6, 6.07) is 3.37. The summed E-state index contributed by atoms with van der Waals surface area (Å²) in [5.74, 6) is 0.0698. The van der Waals surface area contributed by atoms with Crippen LogP contribution in [0.15, 0.2) is 52.9 Å². The van der Waals surface area contributed by atoms with Crippen LogP contribution in [0.4, 0.5) is 13.2 Å². The molecule has 2 aliphatic rings. The van der Waals surface area contributed by atoms with Crippen LogP contribution in [-0.4, -0.2) is 43.8 Å². The van der Waals surface area contributed by atoms with Crippen molar-refractivity contribution in [1.29, 1.82) is 0 Å². The van der Waals surface area contributed by atoms with Gasteiger partial charge in [-0.25, -0.2) is 14.1 Å². The third-order valence-corrected chi connectivity index (χ3v) is 6.69. The molecular formula is C21H17ClF3N5OS. The van der Waals surface area contributed by atoms with E-state index in [1.165, 1.54) is 35.9 Å². The zero-order valence-electron chi connectivity index (χ0n) is 16.5. The number of aliphatic imine (C=N–C) groups is 1. The summed E-state index contributed by atoms with van der Waals surface area (Å²) < 4.78 is 40.8. The summed E-state index contributed by atoms with van der Waals surface area (Å²) in [5, 5.41) is 16.3. The van der Waals surface area contributed by atoms with Crippen molar-refractivity contribution in [2.45, 2.75) is 19.0 Å². The molecule has 1 fully saturated rings. The van der Waals surface area contributed by atoms with E-state index < -0.39 is 18.4 Å².